The average molecular weight is 299 g/mol. The highest BCUT2D eigenvalue weighted by molar-refractivity contribution is 7.80. The molecule has 0 bridgehead atoms. The zero-order chi connectivity index (χ0) is 15.0. The van der Waals surface area contributed by atoms with E-state index in [0.29, 0.717) is 16.8 Å². The summed E-state index contributed by atoms with van der Waals surface area (Å²) in [6.07, 6.45) is 3.10. The molecule has 2 heterocycles. The zero-order valence-corrected chi connectivity index (χ0v) is 13.4. The largest absolute Gasteiger partial charge is 0.389 e. The van der Waals surface area contributed by atoms with Crippen molar-refractivity contribution in [2.45, 2.75) is 20.3 Å². The summed E-state index contributed by atoms with van der Waals surface area (Å²) in [6.45, 7) is 6.72. The molecule has 0 saturated carbocycles. The van der Waals surface area contributed by atoms with Crippen molar-refractivity contribution in [1.82, 2.24) is 4.98 Å². The lowest BCUT2D eigenvalue weighted by Gasteiger charge is -2.38. The average Bonchev–Trinajstić information content (AvgIpc) is 2.44. The monoisotopic (exact) mass is 299 g/mol. The predicted molar refractivity (Wildman–Crippen MR) is 92.8 cm³/mol. The summed E-state index contributed by atoms with van der Waals surface area (Å²) in [6, 6.07) is 8.22. The molecule has 21 heavy (non-hydrogen) atoms. The number of para-hydroxylation sites is 1. The van der Waals surface area contributed by atoms with Gasteiger partial charge in [0.05, 0.1) is 16.8 Å². The van der Waals surface area contributed by atoms with Crippen LogP contribution < -0.4 is 10.6 Å². The van der Waals surface area contributed by atoms with E-state index < -0.39 is 0 Å². The molecule has 2 aromatic rings. The van der Waals surface area contributed by atoms with Crippen molar-refractivity contribution < 1.29 is 0 Å². The van der Waals surface area contributed by atoms with Gasteiger partial charge in [-0.25, -0.2) is 0 Å². The quantitative estimate of drug-likeness (QED) is 0.864. The van der Waals surface area contributed by atoms with Gasteiger partial charge in [-0.15, -0.1) is 0 Å². The minimum Gasteiger partial charge on any atom is -0.389 e. The van der Waals surface area contributed by atoms with Gasteiger partial charge in [-0.1, -0.05) is 44.3 Å². The molecule has 1 aromatic heterocycles. The van der Waals surface area contributed by atoms with E-state index in [-0.39, 0.29) is 0 Å². The first-order chi connectivity index (χ1) is 10.1. The van der Waals surface area contributed by atoms with Crippen molar-refractivity contribution in [3.05, 3.63) is 36.0 Å². The van der Waals surface area contributed by atoms with E-state index in [1.165, 1.54) is 6.42 Å². The molecule has 1 aliphatic rings. The van der Waals surface area contributed by atoms with Gasteiger partial charge in [-0.2, -0.15) is 0 Å². The number of piperidine rings is 1. The molecular formula is C17H21N3S. The Hall–Kier alpha value is -1.68. The van der Waals surface area contributed by atoms with Gasteiger partial charge in [-0.05, 0) is 24.3 Å². The summed E-state index contributed by atoms with van der Waals surface area (Å²) in [5.41, 5.74) is 9.00. The van der Waals surface area contributed by atoms with Crippen LogP contribution in [-0.4, -0.2) is 23.1 Å². The molecule has 0 radical (unpaired) electrons. The van der Waals surface area contributed by atoms with E-state index in [1.807, 2.05) is 24.4 Å². The highest BCUT2D eigenvalue weighted by atomic mass is 32.1. The van der Waals surface area contributed by atoms with Crippen LogP contribution in [0.5, 0.6) is 0 Å². The van der Waals surface area contributed by atoms with E-state index in [2.05, 4.69) is 29.8 Å². The Balaban J connectivity index is 2.18. The highest BCUT2D eigenvalue weighted by Gasteiger charge is 2.25. The molecule has 1 aliphatic heterocycles. The molecule has 0 amide bonds. The van der Waals surface area contributed by atoms with Gasteiger partial charge in [0.15, 0.2) is 0 Å². The van der Waals surface area contributed by atoms with Gasteiger partial charge in [-0.3, -0.25) is 4.98 Å². The van der Waals surface area contributed by atoms with Crippen molar-refractivity contribution in [2.75, 3.05) is 18.0 Å². The Kier molecular flexibility index (Phi) is 3.81. The van der Waals surface area contributed by atoms with Crippen molar-refractivity contribution >= 4 is 33.8 Å². The fourth-order valence-corrected chi connectivity index (χ4v) is 3.64. The third-order valence-corrected chi connectivity index (χ3v) is 4.42. The molecule has 2 N–H and O–H groups in total. The lowest BCUT2D eigenvalue weighted by molar-refractivity contribution is 0.357. The smallest absolute Gasteiger partial charge is 0.107 e. The second kappa shape index (κ2) is 5.60. The number of rotatable bonds is 2. The molecule has 1 saturated heterocycles. The number of nitrogens with two attached hydrogens (primary N) is 1. The molecular weight excluding hydrogens is 278 g/mol. The summed E-state index contributed by atoms with van der Waals surface area (Å²) < 4.78 is 0. The Morgan fingerprint density at radius 1 is 1.24 bits per heavy atom. The first-order valence-electron chi connectivity index (χ1n) is 7.48. The molecule has 2 atom stereocenters. The number of hydrogen-bond donors (Lipinski definition) is 1. The van der Waals surface area contributed by atoms with Crippen molar-refractivity contribution in [3.63, 3.8) is 0 Å². The summed E-state index contributed by atoms with van der Waals surface area (Å²) in [7, 11) is 0. The van der Waals surface area contributed by atoms with Crippen LogP contribution in [0.3, 0.4) is 0 Å². The molecule has 110 valence electrons. The van der Waals surface area contributed by atoms with E-state index >= 15 is 0 Å². The Morgan fingerprint density at radius 3 is 2.57 bits per heavy atom. The summed E-state index contributed by atoms with van der Waals surface area (Å²) in [4.78, 5) is 7.37. The van der Waals surface area contributed by atoms with Gasteiger partial charge >= 0.3 is 0 Å². The van der Waals surface area contributed by atoms with Crippen LogP contribution in [0.25, 0.3) is 10.9 Å². The lowest BCUT2D eigenvalue weighted by Crippen LogP contribution is -2.39. The van der Waals surface area contributed by atoms with Crippen molar-refractivity contribution in [3.8, 4) is 0 Å². The van der Waals surface area contributed by atoms with E-state index in [0.717, 1.165) is 35.2 Å². The second-order valence-corrected chi connectivity index (χ2v) is 6.69. The van der Waals surface area contributed by atoms with Gasteiger partial charge in [0.2, 0.25) is 0 Å². The molecule has 1 aromatic carbocycles. The summed E-state index contributed by atoms with van der Waals surface area (Å²) in [5, 5.41) is 1.14. The normalized spacial score (nSPS) is 22.5. The fourth-order valence-electron chi connectivity index (χ4n) is 3.49. The highest BCUT2D eigenvalue weighted by Crippen LogP contribution is 2.34. The number of nitrogens with zero attached hydrogens (tertiary/aromatic N) is 2. The van der Waals surface area contributed by atoms with Crippen LogP contribution in [0.15, 0.2) is 30.5 Å². The molecule has 1 fully saturated rings. The molecule has 0 aliphatic carbocycles. The standard InChI is InChI=1S/C17H21N3S/c1-11-7-12(2)10-20(9-11)16-13-5-3-4-6-15(13)19-8-14(16)17(18)21/h3-6,8,11-12H,7,9-10H2,1-2H3,(H2,18,21). The maximum absolute atomic E-state index is 5.95. The van der Waals surface area contributed by atoms with Crippen LogP contribution in [0.4, 0.5) is 5.69 Å². The number of aromatic nitrogens is 1. The maximum atomic E-state index is 5.95. The topological polar surface area (TPSA) is 42.1 Å². The van der Waals surface area contributed by atoms with Gasteiger partial charge in [0.25, 0.3) is 0 Å². The minimum atomic E-state index is 0.425. The molecule has 3 rings (SSSR count). The van der Waals surface area contributed by atoms with Gasteiger partial charge in [0, 0.05) is 24.7 Å². The Labute approximate surface area is 131 Å². The molecule has 2 unspecified atom stereocenters. The summed E-state index contributed by atoms with van der Waals surface area (Å²) in [5.74, 6) is 1.36. The van der Waals surface area contributed by atoms with E-state index in [9.17, 15) is 0 Å². The van der Waals surface area contributed by atoms with Crippen molar-refractivity contribution in [2.24, 2.45) is 17.6 Å². The molecule has 0 spiro atoms. The first-order valence-corrected chi connectivity index (χ1v) is 7.89. The second-order valence-electron chi connectivity index (χ2n) is 6.25. The fraction of sp³-hybridized carbons (Fsp3) is 0.412. The third kappa shape index (κ3) is 2.72. The number of anilines is 1. The third-order valence-electron chi connectivity index (χ3n) is 4.20. The zero-order valence-electron chi connectivity index (χ0n) is 12.5. The van der Waals surface area contributed by atoms with Crippen LogP contribution in [0.1, 0.15) is 25.8 Å². The number of hydrogen-bond acceptors (Lipinski definition) is 3. The van der Waals surface area contributed by atoms with Crippen LogP contribution in [0.2, 0.25) is 0 Å². The Morgan fingerprint density at radius 2 is 1.90 bits per heavy atom. The SMILES string of the molecule is CC1CC(C)CN(c2c(C(N)=S)cnc3ccccc23)C1. The number of fused-ring (bicyclic) bond motifs is 1. The Bertz CT molecular complexity index is 673. The van der Waals surface area contributed by atoms with Crippen LogP contribution in [0, 0.1) is 11.8 Å². The summed E-state index contributed by atoms with van der Waals surface area (Å²) >= 11 is 5.25. The molecule has 4 heteroatoms. The predicted octanol–water partition coefficient (Wildman–Crippen LogP) is 3.35. The number of thiocarbonyl (C=S) groups is 1. The van der Waals surface area contributed by atoms with Crippen LogP contribution >= 0.6 is 12.2 Å². The maximum Gasteiger partial charge on any atom is 0.107 e. The lowest BCUT2D eigenvalue weighted by atomic mass is 9.90. The number of pyridine rings is 1. The molecule has 3 nitrogen and oxygen atoms in total. The van der Waals surface area contributed by atoms with Gasteiger partial charge in [0.1, 0.15) is 4.99 Å². The number of benzene rings is 1. The first kappa shape index (κ1) is 14.3. The van der Waals surface area contributed by atoms with Crippen molar-refractivity contribution in [1.29, 1.82) is 0 Å². The van der Waals surface area contributed by atoms with E-state index in [1.54, 1.807) is 0 Å². The van der Waals surface area contributed by atoms with Gasteiger partial charge < -0.3 is 10.6 Å². The van der Waals surface area contributed by atoms with E-state index in [4.69, 9.17) is 18.0 Å². The minimum absolute atomic E-state index is 0.425. The van der Waals surface area contributed by atoms with Crippen LogP contribution in [-0.2, 0) is 0 Å².